The van der Waals surface area contributed by atoms with E-state index in [0.717, 1.165) is 32.5 Å². The maximum Gasteiger partial charge on any atom is 0.313 e. The third-order valence-electron chi connectivity index (χ3n) is 5.51. The third kappa shape index (κ3) is 5.30. The topological polar surface area (TPSA) is 79.9 Å². The summed E-state index contributed by atoms with van der Waals surface area (Å²) >= 11 is 0. The second-order valence-corrected chi connectivity index (χ2v) is 7.73. The number of carbonyl (C=O) groups is 2. The molecule has 1 fully saturated rings. The molecule has 0 bridgehead atoms. The lowest BCUT2D eigenvalue weighted by Gasteiger charge is -2.32. The number of fused-ring (bicyclic) bond motifs is 1. The number of likely N-dealkylation sites (tertiary alicyclic amines) is 1. The fourth-order valence-electron chi connectivity index (χ4n) is 3.82. The van der Waals surface area contributed by atoms with Gasteiger partial charge in [-0.3, -0.25) is 14.5 Å². The molecule has 0 spiro atoms. The van der Waals surface area contributed by atoms with Gasteiger partial charge in [-0.2, -0.15) is 0 Å². The number of amides is 2. The minimum Gasteiger partial charge on any atom is -0.486 e. The average Bonchev–Trinajstić information content (AvgIpc) is 2.79. The highest BCUT2D eigenvalue weighted by Crippen LogP contribution is 2.32. The minimum atomic E-state index is -0.673. The smallest absolute Gasteiger partial charge is 0.313 e. The van der Waals surface area contributed by atoms with E-state index in [0.29, 0.717) is 42.9 Å². The molecule has 0 aliphatic carbocycles. The van der Waals surface area contributed by atoms with Gasteiger partial charge in [0.25, 0.3) is 0 Å². The number of nitrogens with zero attached hydrogens (tertiary/aromatic N) is 1. The first-order valence-corrected chi connectivity index (χ1v) is 10.4. The van der Waals surface area contributed by atoms with Gasteiger partial charge in [-0.1, -0.05) is 30.3 Å². The lowest BCUT2D eigenvalue weighted by Crippen LogP contribution is -2.41. The third-order valence-corrected chi connectivity index (χ3v) is 5.51. The quantitative estimate of drug-likeness (QED) is 0.742. The lowest BCUT2D eigenvalue weighted by molar-refractivity contribution is -0.136. The van der Waals surface area contributed by atoms with Crippen LogP contribution in [0.2, 0.25) is 0 Å². The summed E-state index contributed by atoms with van der Waals surface area (Å²) in [6, 6.07) is 15.5. The monoisotopic (exact) mass is 409 g/mol. The maximum absolute atomic E-state index is 12.2. The molecule has 1 saturated heterocycles. The van der Waals surface area contributed by atoms with Crippen molar-refractivity contribution in [1.29, 1.82) is 0 Å². The number of benzene rings is 2. The van der Waals surface area contributed by atoms with Crippen LogP contribution in [0.4, 0.5) is 5.69 Å². The summed E-state index contributed by atoms with van der Waals surface area (Å²) in [6.45, 7) is 4.45. The molecule has 2 heterocycles. The van der Waals surface area contributed by atoms with Gasteiger partial charge >= 0.3 is 11.8 Å². The second-order valence-electron chi connectivity index (χ2n) is 7.73. The van der Waals surface area contributed by atoms with Crippen LogP contribution in [0.25, 0.3) is 0 Å². The van der Waals surface area contributed by atoms with E-state index < -0.39 is 11.8 Å². The predicted molar refractivity (Wildman–Crippen MR) is 114 cm³/mol. The molecule has 2 aromatic rings. The van der Waals surface area contributed by atoms with Crippen LogP contribution in [0.1, 0.15) is 18.4 Å². The van der Waals surface area contributed by atoms with Crippen molar-refractivity contribution >= 4 is 17.5 Å². The average molecular weight is 409 g/mol. The Morgan fingerprint density at radius 2 is 1.67 bits per heavy atom. The van der Waals surface area contributed by atoms with E-state index in [1.807, 2.05) is 6.07 Å². The van der Waals surface area contributed by atoms with Crippen LogP contribution < -0.4 is 20.1 Å². The SMILES string of the molecule is O=C(NCC1CCN(Cc2ccccc2)CC1)C(=O)Nc1ccc2c(c1)OCCO2. The summed E-state index contributed by atoms with van der Waals surface area (Å²) < 4.78 is 11.0. The van der Waals surface area contributed by atoms with Crippen LogP contribution in [-0.4, -0.2) is 49.6 Å². The van der Waals surface area contributed by atoms with Gasteiger partial charge in [-0.15, -0.1) is 0 Å². The van der Waals surface area contributed by atoms with E-state index in [9.17, 15) is 9.59 Å². The van der Waals surface area contributed by atoms with Crippen molar-refractivity contribution in [3.05, 3.63) is 54.1 Å². The van der Waals surface area contributed by atoms with Crippen LogP contribution in [0.3, 0.4) is 0 Å². The molecule has 0 radical (unpaired) electrons. The van der Waals surface area contributed by atoms with Crippen molar-refractivity contribution in [3.63, 3.8) is 0 Å². The van der Waals surface area contributed by atoms with Gasteiger partial charge in [0.1, 0.15) is 13.2 Å². The van der Waals surface area contributed by atoms with E-state index in [1.165, 1.54) is 5.56 Å². The van der Waals surface area contributed by atoms with Crippen molar-refractivity contribution in [2.45, 2.75) is 19.4 Å². The molecule has 158 valence electrons. The highest BCUT2D eigenvalue weighted by atomic mass is 16.6. The van der Waals surface area contributed by atoms with Crippen LogP contribution >= 0.6 is 0 Å². The zero-order valence-electron chi connectivity index (χ0n) is 16.9. The van der Waals surface area contributed by atoms with Crippen molar-refractivity contribution in [1.82, 2.24) is 10.2 Å². The molecule has 2 aliphatic rings. The van der Waals surface area contributed by atoms with Gasteiger partial charge in [-0.25, -0.2) is 0 Å². The largest absolute Gasteiger partial charge is 0.486 e. The summed E-state index contributed by atoms with van der Waals surface area (Å²) in [4.78, 5) is 26.8. The standard InChI is InChI=1S/C23H27N3O4/c27-22(23(28)25-19-6-7-20-21(14-19)30-13-12-29-20)24-15-17-8-10-26(11-9-17)16-18-4-2-1-3-5-18/h1-7,14,17H,8-13,15-16H2,(H,24,27)(H,25,28). The summed E-state index contributed by atoms with van der Waals surface area (Å²) in [6.07, 6.45) is 2.02. The molecule has 7 nitrogen and oxygen atoms in total. The number of rotatable bonds is 5. The predicted octanol–water partition coefficient (Wildman–Crippen LogP) is 2.42. The summed E-state index contributed by atoms with van der Waals surface area (Å²) in [5.41, 5.74) is 1.83. The molecule has 4 rings (SSSR count). The summed E-state index contributed by atoms with van der Waals surface area (Å²) in [7, 11) is 0. The normalized spacial score (nSPS) is 16.7. The second kappa shape index (κ2) is 9.63. The maximum atomic E-state index is 12.2. The van der Waals surface area contributed by atoms with E-state index >= 15 is 0 Å². The Hall–Kier alpha value is -3.06. The zero-order valence-corrected chi connectivity index (χ0v) is 16.9. The van der Waals surface area contributed by atoms with E-state index in [2.05, 4.69) is 39.8 Å². The van der Waals surface area contributed by atoms with Gasteiger partial charge in [0, 0.05) is 24.8 Å². The Morgan fingerprint density at radius 3 is 2.43 bits per heavy atom. The number of anilines is 1. The first-order chi connectivity index (χ1) is 14.7. The molecule has 0 saturated carbocycles. The van der Waals surface area contributed by atoms with Crippen LogP contribution in [0.15, 0.2) is 48.5 Å². The number of piperidine rings is 1. The molecule has 2 amide bonds. The van der Waals surface area contributed by atoms with Crippen molar-refractivity contribution in [2.24, 2.45) is 5.92 Å². The lowest BCUT2D eigenvalue weighted by atomic mass is 9.96. The van der Waals surface area contributed by atoms with E-state index in [1.54, 1.807) is 18.2 Å². The molecular weight excluding hydrogens is 382 g/mol. The highest BCUT2D eigenvalue weighted by molar-refractivity contribution is 6.39. The Kier molecular flexibility index (Phi) is 6.49. The molecule has 2 aliphatic heterocycles. The Balaban J connectivity index is 1.19. The number of hydrogen-bond acceptors (Lipinski definition) is 5. The molecule has 2 N–H and O–H groups in total. The fraction of sp³-hybridized carbons (Fsp3) is 0.391. The molecule has 0 unspecified atom stereocenters. The highest BCUT2D eigenvalue weighted by Gasteiger charge is 2.22. The minimum absolute atomic E-state index is 0.392. The Bertz CT molecular complexity index is 879. The Labute approximate surface area is 176 Å². The fourth-order valence-corrected chi connectivity index (χ4v) is 3.82. The van der Waals surface area contributed by atoms with E-state index in [-0.39, 0.29) is 0 Å². The Morgan fingerprint density at radius 1 is 0.933 bits per heavy atom. The number of hydrogen-bond donors (Lipinski definition) is 2. The first-order valence-electron chi connectivity index (χ1n) is 10.4. The van der Waals surface area contributed by atoms with Crippen LogP contribution in [0, 0.1) is 5.92 Å². The van der Waals surface area contributed by atoms with Crippen LogP contribution in [-0.2, 0) is 16.1 Å². The number of carbonyl (C=O) groups excluding carboxylic acids is 2. The molecule has 0 atom stereocenters. The molecular formula is C23H27N3O4. The molecule has 7 heteroatoms. The van der Waals surface area contributed by atoms with Crippen molar-refractivity contribution in [2.75, 3.05) is 38.2 Å². The van der Waals surface area contributed by atoms with Crippen molar-refractivity contribution in [3.8, 4) is 11.5 Å². The van der Waals surface area contributed by atoms with Gasteiger partial charge < -0.3 is 20.1 Å². The molecule has 0 aromatic heterocycles. The number of ether oxygens (including phenoxy) is 2. The molecule has 2 aromatic carbocycles. The van der Waals surface area contributed by atoms with Gasteiger partial charge in [-0.05, 0) is 49.5 Å². The van der Waals surface area contributed by atoms with Gasteiger partial charge in [0.2, 0.25) is 0 Å². The molecule has 30 heavy (non-hydrogen) atoms. The van der Waals surface area contributed by atoms with Crippen molar-refractivity contribution < 1.29 is 19.1 Å². The van der Waals surface area contributed by atoms with Gasteiger partial charge in [0.05, 0.1) is 0 Å². The van der Waals surface area contributed by atoms with Gasteiger partial charge in [0.15, 0.2) is 11.5 Å². The van der Waals surface area contributed by atoms with Crippen LogP contribution in [0.5, 0.6) is 11.5 Å². The van der Waals surface area contributed by atoms with E-state index in [4.69, 9.17) is 9.47 Å². The number of nitrogens with one attached hydrogen (secondary N) is 2. The first kappa shape index (κ1) is 20.2. The summed E-state index contributed by atoms with van der Waals surface area (Å²) in [5.74, 6) is 0.317. The summed E-state index contributed by atoms with van der Waals surface area (Å²) in [5, 5.41) is 5.39. The zero-order chi connectivity index (χ0) is 20.8.